The van der Waals surface area contributed by atoms with Crippen LogP contribution in [0.15, 0.2) is 65.8 Å². The van der Waals surface area contributed by atoms with Crippen molar-refractivity contribution in [1.82, 2.24) is 10.4 Å². The maximum Gasteiger partial charge on any atom is 0.437 e. The molecule has 1 atom stereocenters. The van der Waals surface area contributed by atoms with Gasteiger partial charge in [0.25, 0.3) is 0 Å². The molecule has 128 valence electrons. The number of amides is 1. The molecule has 1 amide bonds. The lowest BCUT2D eigenvalue weighted by Gasteiger charge is -2.33. The lowest BCUT2D eigenvalue weighted by Crippen LogP contribution is -2.47. The Hall–Kier alpha value is -2.42. The Bertz CT molecular complexity index is 784. The van der Waals surface area contributed by atoms with Crippen LogP contribution in [0.1, 0.15) is 11.6 Å². The molecule has 1 saturated heterocycles. The minimum atomic E-state index is -0.657. The number of para-hydroxylation sites is 1. The first-order chi connectivity index (χ1) is 12.1. The van der Waals surface area contributed by atoms with E-state index in [9.17, 15) is 4.79 Å². The molecule has 8 heteroatoms. The fourth-order valence-corrected chi connectivity index (χ4v) is 3.26. The van der Waals surface area contributed by atoms with Gasteiger partial charge < -0.3 is 0 Å². The van der Waals surface area contributed by atoms with Gasteiger partial charge in [0.1, 0.15) is 11.1 Å². The van der Waals surface area contributed by atoms with E-state index in [1.165, 1.54) is 11.8 Å². The summed E-state index contributed by atoms with van der Waals surface area (Å²) in [5.74, 6) is 0. The minimum absolute atomic E-state index is 0.243. The summed E-state index contributed by atoms with van der Waals surface area (Å²) in [6, 6.07) is 18.6. The van der Waals surface area contributed by atoms with Gasteiger partial charge in [0.15, 0.2) is 4.32 Å². The van der Waals surface area contributed by atoms with Gasteiger partial charge >= 0.3 is 6.09 Å². The third-order valence-corrected chi connectivity index (χ3v) is 4.90. The Labute approximate surface area is 155 Å². The Kier molecular flexibility index (Phi) is 5.64. The van der Waals surface area contributed by atoms with E-state index in [-0.39, 0.29) is 6.04 Å². The van der Waals surface area contributed by atoms with Crippen molar-refractivity contribution in [3.8, 4) is 0 Å². The lowest BCUT2D eigenvalue weighted by atomic mass is 10.1. The Morgan fingerprint density at radius 1 is 1.20 bits per heavy atom. The third-order valence-electron chi connectivity index (χ3n) is 3.41. The predicted molar refractivity (Wildman–Crippen MR) is 104 cm³/mol. The average Bonchev–Trinajstić information content (AvgIpc) is 2.64. The Morgan fingerprint density at radius 2 is 1.84 bits per heavy atom. The summed E-state index contributed by atoms with van der Waals surface area (Å²) >= 11 is 6.57. The zero-order valence-electron chi connectivity index (χ0n) is 13.4. The van der Waals surface area contributed by atoms with Crippen LogP contribution < -0.4 is 10.7 Å². The number of hydrogen-bond acceptors (Lipinski definition) is 6. The van der Waals surface area contributed by atoms with Crippen molar-refractivity contribution in [3.63, 3.8) is 0 Å². The van der Waals surface area contributed by atoms with Crippen molar-refractivity contribution in [2.45, 2.75) is 6.04 Å². The molecule has 25 heavy (non-hydrogen) atoms. The van der Waals surface area contributed by atoms with E-state index in [1.54, 1.807) is 17.1 Å². The number of nitrogens with zero attached hydrogens (tertiary/aromatic N) is 2. The minimum Gasteiger partial charge on any atom is -0.297 e. The van der Waals surface area contributed by atoms with Crippen LogP contribution in [0.3, 0.4) is 0 Å². The molecular weight excluding hydrogens is 356 g/mol. The summed E-state index contributed by atoms with van der Waals surface area (Å²) in [4.78, 5) is 17.0. The first kappa shape index (κ1) is 17.4. The van der Waals surface area contributed by atoms with Crippen molar-refractivity contribution < 1.29 is 9.63 Å². The van der Waals surface area contributed by atoms with Gasteiger partial charge in [-0.3, -0.25) is 15.2 Å². The van der Waals surface area contributed by atoms with Crippen molar-refractivity contribution in [2.24, 2.45) is 5.16 Å². The van der Waals surface area contributed by atoms with E-state index in [0.29, 0.717) is 15.1 Å². The molecule has 0 spiro atoms. The number of anilines is 1. The van der Waals surface area contributed by atoms with E-state index < -0.39 is 6.09 Å². The van der Waals surface area contributed by atoms with Gasteiger partial charge in [0.05, 0.1) is 0 Å². The number of oxime groups is 1. The molecule has 0 radical (unpaired) electrons. The molecule has 3 rings (SSSR count). The summed E-state index contributed by atoms with van der Waals surface area (Å²) in [5, 5.41) is 8.95. The van der Waals surface area contributed by atoms with Gasteiger partial charge in [-0.15, -0.1) is 0 Å². The van der Waals surface area contributed by atoms with Crippen LogP contribution in [0.4, 0.5) is 10.5 Å². The van der Waals surface area contributed by atoms with Crippen LogP contribution in [0, 0.1) is 0 Å². The van der Waals surface area contributed by atoms with Crippen LogP contribution >= 0.6 is 24.0 Å². The van der Waals surface area contributed by atoms with Gasteiger partial charge in [-0.05, 0) is 29.5 Å². The smallest absolute Gasteiger partial charge is 0.297 e. The fraction of sp³-hybridized carbons (Fsp3) is 0.118. The Balaban J connectivity index is 1.73. The molecule has 1 aliphatic heterocycles. The molecule has 1 aliphatic rings. The number of carbonyl (C=O) groups is 1. The molecule has 0 unspecified atom stereocenters. The van der Waals surface area contributed by atoms with Crippen LogP contribution in [-0.2, 0) is 4.84 Å². The summed E-state index contributed by atoms with van der Waals surface area (Å²) in [6.07, 6.45) is -0.657. The number of nitrogens with one attached hydrogen (secondary N) is 2. The molecular formula is C17H16N4O2S2. The van der Waals surface area contributed by atoms with Crippen molar-refractivity contribution in [3.05, 3.63) is 66.2 Å². The normalized spacial score (nSPS) is 18.9. The highest BCUT2D eigenvalue weighted by molar-refractivity contribution is 8.33. The van der Waals surface area contributed by atoms with Gasteiger partial charge in [0.2, 0.25) is 0 Å². The maximum atomic E-state index is 11.9. The second-order valence-electron chi connectivity index (χ2n) is 5.20. The zero-order valence-corrected chi connectivity index (χ0v) is 15.0. The Morgan fingerprint density at radius 3 is 2.52 bits per heavy atom. The number of carbonyl (C=O) groups excluding carboxylic acids is 1. The van der Waals surface area contributed by atoms with E-state index in [4.69, 9.17) is 17.1 Å². The van der Waals surface area contributed by atoms with E-state index in [0.717, 1.165) is 5.56 Å². The van der Waals surface area contributed by atoms with Gasteiger partial charge in [0, 0.05) is 12.7 Å². The quantitative estimate of drug-likeness (QED) is 0.486. The van der Waals surface area contributed by atoms with Gasteiger partial charge in [-0.25, -0.2) is 10.2 Å². The first-order valence-electron chi connectivity index (χ1n) is 7.51. The summed E-state index contributed by atoms with van der Waals surface area (Å²) in [6.45, 7) is 0. The standard InChI is InChI=1S/C17H16N4O2S2/c1-21-17(24)25-15(14(19-21)12-8-4-2-5-9-12)20-23-16(22)18-13-10-6-3-7-11-13/h2-11,14,19H,1H3,(H,18,22)/b20-15-/t14-/m0/s1. The molecule has 1 heterocycles. The second-order valence-corrected chi connectivity index (χ2v) is 6.85. The maximum absolute atomic E-state index is 11.9. The van der Waals surface area contributed by atoms with E-state index >= 15 is 0 Å². The second kappa shape index (κ2) is 8.11. The van der Waals surface area contributed by atoms with Gasteiger partial charge in [-0.2, -0.15) is 0 Å². The molecule has 0 aliphatic carbocycles. The number of thiocarbonyl (C=S) groups is 1. The molecule has 2 aromatic carbocycles. The van der Waals surface area contributed by atoms with Gasteiger partial charge in [-0.1, -0.05) is 65.9 Å². The highest BCUT2D eigenvalue weighted by Crippen LogP contribution is 2.28. The molecule has 2 aromatic rings. The van der Waals surface area contributed by atoms with Crippen LogP contribution in [-0.4, -0.2) is 27.5 Å². The van der Waals surface area contributed by atoms with E-state index in [2.05, 4.69) is 15.9 Å². The number of thioether (sulfide) groups is 1. The van der Waals surface area contributed by atoms with Crippen LogP contribution in [0.25, 0.3) is 0 Å². The number of rotatable bonds is 3. The molecule has 6 nitrogen and oxygen atoms in total. The lowest BCUT2D eigenvalue weighted by molar-refractivity contribution is 0.166. The van der Waals surface area contributed by atoms with Crippen molar-refractivity contribution in [1.29, 1.82) is 0 Å². The monoisotopic (exact) mass is 372 g/mol. The van der Waals surface area contributed by atoms with E-state index in [1.807, 2.05) is 55.6 Å². The SMILES string of the molecule is CN1N[C@@H](c2ccccc2)/C(=N/OC(=O)Nc2ccccc2)SC1=S. The van der Waals surface area contributed by atoms with Crippen molar-refractivity contribution in [2.75, 3.05) is 12.4 Å². The third kappa shape index (κ3) is 4.56. The fourth-order valence-electron chi connectivity index (χ4n) is 2.20. The zero-order chi connectivity index (χ0) is 17.6. The molecule has 0 saturated carbocycles. The molecule has 0 aromatic heterocycles. The predicted octanol–water partition coefficient (Wildman–Crippen LogP) is 3.76. The van der Waals surface area contributed by atoms with Crippen LogP contribution in [0.5, 0.6) is 0 Å². The van der Waals surface area contributed by atoms with Crippen LogP contribution in [0.2, 0.25) is 0 Å². The molecule has 2 N–H and O–H groups in total. The molecule has 1 fully saturated rings. The highest BCUT2D eigenvalue weighted by Gasteiger charge is 2.29. The average molecular weight is 372 g/mol. The summed E-state index contributed by atoms with van der Waals surface area (Å²) < 4.78 is 0.595. The summed E-state index contributed by atoms with van der Waals surface area (Å²) in [7, 11) is 1.84. The molecule has 0 bridgehead atoms. The van der Waals surface area contributed by atoms with Crippen molar-refractivity contribution >= 4 is 45.1 Å². The first-order valence-corrected chi connectivity index (χ1v) is 8.73. The summed E-state index contributed by atoms with van der Waals surface area (Å²) in [5.41, 5.74) is 4.87. The topological polar surface area (TPSA) is 66.0 Å². The number of hydrogen-bond donors (Lipinski definition) is 2. The largest absolute Gasteiger partial charge is 0.437 e. The number of hydrazine groups is 1. The highest BCUT2D eigenvalue weighted by atomic mass is 32.2. The number of benzene rings is 2.